The minimum atomic E-state index is 0.434. The first-order valence-corrected chi connectivity index (χ1v) is 9.55. The van der Waals surface area contributed by atoms with Gasteiger partial charge in [-0.1, -0.05) is 0 Å². The number of nitrogens with zero attached hydrogens (tertiary/aromatic N) is 7. The Morgan fingerprint density at radius 1 is 1.20 bits per heavy atom. The van der Waals surface area contributed by atoms with Gasteiger partial charge in [-0.25, -0.2) is 9.97 Å². The van der Waals surface area contributed by atoms with Crippen LogP contribution >= 0.6 is 11.3 Å². The van der Waals surface area contributed by atoms with E-state index in [9.17, 15) is 0 Å². The SMILES string of the molecule is Cc1nccn1Cc1nnc(C2CCCN(Cc3nccs3)C2)n1C. The van der Waals surface area contributed by atoms with Gasteiger partial charge >= 0.3 is 0 Å². The van der Waals surface area contributed by atoms with Crippen LogP contribution in [0.1, 0.15) is 41.2 Å². The third-order valence-electron chi connectivity index (χ3n) is 4.95. The molecule has 0 bridgehead atoms. The molecule has 132 valence electrons. The van der Waals surface area contributed by atoms with Crippen LogP contribution in [0.25, 0.3) is 0 Å². The van der Waals surface area contributed by atoms with Gasteiger partial charge in [-0.05, 0) is 26.3 Å². The Balaban J connectivity index is 1.47. The number of hydrogen-bond acceptors (Lipinski definition) is 6. The van der Waals surface area contributed by atoms with Crippen LogP contribution in [-0.2, 0) is 20.1 Å². The van der Waals surface area contributed by atoms with Gasteiger partial charge in [-0.2, -0.15) is 0 Å². The fraction of sp³-hybridized carbons (Fsp3) is 0.529. The molecule has 3 aromatic heterocycles. The predicted octanol–water partition coefficient (Wildman–Crippen LogP) is 2.20. The van der Waals surface area contributed by atoms with Crippen molar-refractivity contribution in [1.29, 1.82) is 0 Å². The number of imidazole rings is 1. The standard InChI is InChI=1S/C17H23N7S/c1-13-18-5-8-24(13)11-15-20-21-17(22(15)2)14-4-3-7-23(10-14)12-16-19-6-9-25-16/h5-6,8-9,14H,3-4,7,10-12H2,1-2H3. The highest BCUT2D eigenvalue weighted by Crippen LogP contribution is 2.27. The topological polar surface area (TPSA) is 64.7 Å². The molecule has 0 aliphatic carbocycles. The van der Waals surface area contributed by atoms with Crippen LogP contribution in [0.15, 0.2) is 24.0 Å². The van der Waals surface area contributed by atoms with E-state index in [2.05, 4.69) is 41.2 Å². The first kappa shape index (κ1) is 16.4. The Kier molecular flexibility index (Phi) is 4.63. The lowest BCUT2D eigenvalue weighted by atomic mass is 9.97. The van der Waals surface area contributed by atoms with Crippen LogP contribution in [0.2, 0.25) is 0 Å². The van der Waals surface area contributed by atoms with Crippen LogP contribution < -0.4 is 0 Å². The summed E-state index contributed by atoms with van der Waals surface area (Å²) in [7, 11) is 2.08. The molecule has 7 nitrogen and oxygen atoms in total. The summed E-state index contributed by atoms with van der Waals surface area (Å²) in [5, 5.41) is 12.2. The van der Waals surface area contributed by atoms with Crippen LogP contribution in [0.3, 0.4) is 0 Å². The van der Waals surface area contributed by atoms with Crippen LogP contribution in [-0.4, -0.2) is 47.3 Å². The average molecular weight is 357 g/mol. The van der Waals surface area contributed by atoms with Gasteiger partial charge in [0.05, 0.1) is 13.1 Å². The summed E-state index contributed by atoms with van der Waals surface area (Å²) in [5.74, 6) is 3.51. The lowest BCUT2D eigenvalue weighted by molar-refractivity contribution is 0.195. The molecule has 4 heterocycles. The van der Waals surface area contributed by atoms with Crippen molar-refractivity contribution in [1.82, 2.24) is 34.2 Å². The highest BCUT2D eigenvalue weighted by molar-refractivity contribution is 7.09. The van der Waals surface area contributed by atoms with Crippen molar-refractivity contribution < 1.29 is 0 Å². The number of piperidine rings is 1. The van der Waals surface area contributed by atoms with Gasteiger partial charge in [0.15, 0.2) is 5.82 Å². The second-order valence-corrected chi connectivity index (χ2v) is 7.62. The maximum Gasteiger partial charge on any atom is 0.152 e. The monoisotopic (exact) mass is 357 g/mol. The highest BCUT2D eigenvalue weighted by atomic mass is 32.1. The Hall–Kier alpha value is -2.06. The maximum atomic E-state index is 4.52. The van der Waals surface area contributed by atoms with Crippen molar-refractivity contribution >= 4 is 11.3 Å². The van der Waals surface area contributed by atoms with Crippen molar-refractivity contribution in [2.24, 2.45) is 7.05 Å². The second kappa shape index (κ2) is 7.05. The largest absolute Gasteiger partial charge is 0.328 e. The molecule has 1 unspecified atom stereocenters. The van der Waals surface area contributed by atoms with Gasteiger partial charge in [-0.3, -0.25) is 4.90 Å². The summed E-state index contributed by atoms with van der Waals surface area (Å²) in [5.41, 5.74) is 0. The van der Waals surface area contributed by atoms with Gasteiger partial charge in [-0.15, -0.1) is 21.5 Å². The number of likely N-dealkylation sites (tertiary alicyclic amines) is 1. The van der Waals surface area contributed by atoms with E-state index in [1.54, 1.807) is 11.3 Å². The Labute approximate surface area is 151 Å². The highest BCUT2D eigenvalue weighted by Gasteiger charge is 2.26. The van der Waals surface area contributed by atoms with Gasteiger partial charge < -0.3 is 9.13 Å². The summed E-state index contributed by atoms with van der Waals surface area (Å²) < 4.78 is 4.26. The molecule has 0 N–H and O–H groups in total. The summed E-state index contributed by atoms with van der Waals surface area (Å²) >= 11 is 1.73. The molecular weight excluding hydrogens is 334 g/mol. The molecule has 0 amide bonds. The molecule has 0 aromatic carbocycles. The predicted molar refractivity (Wildman–Crippen MR) is 96.4 cm³/mol. The summed E-state index contributed by atoms with van der Waals surface area (Å²) in [6, 6.07) is 0. The second-order valence-electron chi connectivity index (χ2n) is 6.64. The van der Waals surface area contributed by atoms with Gasteiger partial charge in [0, 0.05) is 43.5 Å². The molecule has 1 fully saturated rings. The van der Waals surface area contributed by atoms with E-state index in [0.29, 0.717) is 12.5 Å². The maximum absolute atomic E-state index is 4.52. The molecule has 0 radical (unpaired) electrons. The first-order valence-electron chi connectivity index (χ1n) is 8.67. The molecule has 1 aliphatic rings. The molecule has 8 heteroatoms. The Bertz CT molecular complexity index is 820. The van der Waals surface area contributed by atoms with Crippen molar-refractivity contribution in [2.75, 3.05) is 13.1 Å². The van der Waals surface area contributed by atoms with Crippen LogP contribution in [0, 0.1) is 6.92 Å². The lowest BCUT2D eigenvalue weighted by Gasteiger charge is -2.31. The van der Waals surface area contributed by atoms with Gasteiger partial charge in [0.25, 0.3) is 0 Å². The van der Waals surface area contributed by atoms with Crippen LogP contribution in [0.4, 0.5) is 0 Å². The number of hydrogen-bond donors (Lipinski definition) is 0. The molecule has 3 aromatic rings. The number of rotatable bonds is 5. The van der Waals surface area contributed by atoms with Crippen LogP contribution in [0.5, 0.6) is 0 Å². The summed E-state index contributed by atoms with van der Waals surface area (Å²) in [4.78, 5) is 11.2. The van der Waals surface area contributed by atoms with Gasteiger partial charge in [0.2, 0.25) is 0 Å². The Morgan fingerprint density at radius 3 is 2.88 bits per heavy atom. The van der Waals surface area contributed by atoms with Crippen molar-refractivity contribution in [2.45, 2.75) is 38.8 Å². The average Bonchev–Trinajstić information content (AvgIpc) is 3.33. The minimum absolute atomic E-state index is 0.434. The fourth-order valence-corrected chi connectivity index (χ4v) is 4.18. The molecule has 1 atom stereocenters. The zero-order valence-corrected chi connectivity index (χ0v) is 15.5. The Morgan fingerprint density at radius 2 is 2.12 bits per heavy atom. The number of aryl methyl sites for hydroxylation is 1. The van der Waals surface area contributed by atoms with E-state index in [1.807, 2.05) is 30.9 Å². The molecule has 1 aliphatic heterocycles. The molecule has 25 heavy (non-hydrogen) atoms. The first-order chi connectivity index (χ1) is 12.2. The summed E-state index contributed by atoms with van der Waals surface area (Å²) in [6.07, 6.45) is 8.06. The number of thiazole rings is 1. The fourth-order valence-electron chi connectivity index (χ4n) is 3.52. The normalized spacial score (nSPS) is 18.7. The van der Waals surface area contributed by atoms with E-state index in [4.69, 9.17) is 0 Å². The third kappa shape index (κ3) is 3.50. The molecule has 0 spiro atoms. The molecule has 4 rings (SSSR count). The van der Waals surface area contributed by atoms with Crippen molar-refractivity contribution in [3.63, 3.8) is 0 Å². The quantitative estimate of drug-likeness (QED) is 0.700. The van der Waals surface area contributed by atoms with Crippen molar-refractivity contribution in [3.05, 3.63) is 46.5 Å². The zero-order chi connectivity index (χ0) is 17.2. The van der Waals surface area contributed by atoms with E-state index in [-0.39, 0.29) is 0 Å². The molecular formula is C17H23N7S. The molecule has 1 saturated heterocycles. The van der Waals surface area contributed by atoms with E-state index in [1.165, 1.54) is 17.8 Å². The van der Waals surface area contributed by atoms with E-state index in [0.717, 1.165) is 37.1 Å². The number of aromatic nitrogens is 6. The smallest absolute Gasteiger partial charge is 0.152 e. The van der Waals surface area contributed by atoms with E-state index >= 15 is 0 Å². The zero-order valence-electron chi connectivity index (χ0n) is 14.7. The lowest BCUT2D eigenvalue weighted by Crippen LogP contribution is -2.34. The van der Waals surface area contributed by atoms with E-state index < -0.39 is 0 Å². The third-order valence-corrected chi connectivity index (χ3v) is 5.71. The van der Waals surface area contributed by atoms with Gasteiger partial charge in [0.1, 0.15) is 16.7 Å². The van der Waals surface area contributed by atoms with Crippen molar-refractivity contribution in [3.8, 4) is 0 Å². The summed E-state index contributed by atoms with van der Waals surface area (Å²) in [6.45, 7) is 5.82. The molecule has 0 saturated carbocycles. The minimum Gasteiger partial charge on any atom is -0.328 e.